The number of hydrogen-bond donors (Lipinski definition) is 1. The molecule has 7 heteroatoms. The van der Waals surface area contributed by atoms with Crippen LogP contribution in [0.1, 0.15) is 16.8 Å². The molecule has 1 fully saturated rings. The van der Waals surface area contributed by atoms with Crippen molar-refractivity contribution < 1.29 is 19.1 Å². The van der Waals surface area contributed by atoms with Crippen molar-refractivity contribution in [1.82, 2.24) is 10.2 Å². The summed E-state index contributed by atoms with van der Waals surface area (Å²) in [5.41, 5.74) is 1.61. The maximum atomic E-state index is 12.5. The molecule has 0 radical (unpaired) electrons. The third kappa shape index (κ3) is 5.44. The average molecular weight is 349 g/mol. The topological polar surface area (TPSA) is 71.1 Å². The highest BCUT2D eigenvalue weighted by atomic mass is 16.5. The minimum Gasteiger partial charge on any atom is -0.379 e. The van der Waals surface area contributed by atoms with E-state index in [4.69, 9.17) is 9.47 Å². The van der Waals surface area contributed by atoms with Gasteiger partial charge in [-0.15, -0.1) is 0 Å². The van der Waals surface area contributed by atoms with E-state index < -0.39 is 0 Å². The largest absolute Gasteiger partial charge is 0.379 e. The Kier molecular flexibility index (Phi) is 6.78. The molecule has 2 atom stereocenters. The minimum atomic E-state index is -0.273. The highest BCUT2D eigenvalue weighted by Crippen LogP contribution is 2.15. The van der Waals surface area contributed by atoms with Crippen LogP contribution in [0.15, 0.2) is 24.3 Å². The molecular formula is C18H27N3O4. The number of benzene rings is 1. The lowest BCUT2D eigenvalue weighted by atomic mass is 10.1. The number of nitrogens with zero attached hydrogens (tertiary/aromatic N) is 2. The van der Waals surface area contributed by atoms with Gasteiger partial charge in [0.15, 0.2) is 0 Å². The number of nitrogens with one attached hydrogen (secondary N) is 1. The molecule has 1 heterocycles. The Bertz CT molecular complexity index is 586. The van der Waals surface area contributed by atoms with Gasteiger partial charge in [-0.05, 0) is 30.7 Å². The normalized spacial score (nSPS) is 20.0. The van der Waals surface area contributed by atoms with E-state index in [1.54, 1.807) is 26.2 Å². The van der Waals surface area contributed by atoms with Crippen LogP contribution in [0.3, 0.4) is 0 Å². The SMILES string of the molecule is CN(C)C(=O)CO[C@H]1CCOC[C@H]1NC(=O)c1ccc(N(C)C)cc1. The van der Waals surface area contributed by atoms with Crippen molar-refractivity contribution in [2.75, 3.05) is 52.9 Å². The van der Waals surface area contributed by atoms with Crippen LogP contribution in [-0.4, -0.2) is 76.9 Å². The van der Waals surface area contributed by atoms with Gasteiger partial charge in [-0.25, -0.2) is 0 Å². The number of ether oxygens (including phenoxy) is 2. The predicted octanol–water partition coefficient (Wildman–Crippen LogP) is 0.745. The monoisotopic (exact) mass is 349 g/mol. The fourth-order valence-corrected chi connectivity index (χ4v) is 2.52. The second-order valence-electron chi connectivity index (χ2n) is 6.52. The number of carbonyl (C=O) groups is 2. The molecule has 0 aromatic heterocycles. The fraction of sp³-hybridized carbons (Fsp3) is 0.556. The van der Waals surface area contributed by atoms with E-state index in [2.05, 4.69) is 5.32 Å². The molecule has 2 rings (SSSR count). The first-order chi connectivity index (χ1) is 11.9. The summed E-state index contributed by atoms with van der Waals surface area (Å²) in [4.78, 5) is 27.6. The molecule has 138 valence electrons. The van der Waals surface area contributed by atoms with Crippen LogP contribution in [0.5, 0.6) is 0 Å². The molecule has 7 nitrogen and oxygen atoms in total. The fourth-order valence-electron chi connectivity index (χ4n) is 2.52. The summed E-state index contributed by atoms with van der Waals surface area (Å²) in [5.74, 6) is -0.274. The summed E-state index contributed by atoms with van der Waals surface area (Å²) in [6, 6.07) is 7.11. The second-order valence-corrected chi connectivity index (χ2v) is 6.52. The maximum absolute atomic E-state index is 12.5. The van der Waals surface area contributed by atoms with Gasteiger partial charge in [0.05, 0.1) is 18.8 Å². The van der Waals surface area contributed by atoms with Crippen LogP contribution < -0.4 is 10.2 Å². The third-order valence-electron chi connectivity index (χ3n) is 4.17. The summed E-state index contributed by atoms with van der Waals surface area (Å²) in [6.45, 7) is 0.939. The molecule has 1 aromatic carbocycles. The Hall–Kier alpha value is -2.12. The van der Waals surface area contributed by atoms with Crippen LogP contribution >= 0.6 is 0 Å². The Balaban J connectivity index is 1.95. The van der Waals surface area contributed by atoms with Crippen molar-refractivity contribution in [2.24, 2.45) is 0 Å². The zero-order valence-electron chi connectivity index (χ0n) is 15.3. The summed E-state index contributed by atoms with van der Waals surface area (Å²) < 4.78 is 11.2. The molecule has 1 aliphatic heterocycles. The molecule has 0 unspecified atom stereocenters. The van der Waals surface area contributed by atoms with Gasteiger partial charge in [-0.1, -0.05) is 0 Å². The van der Waals surface area contributed by atoms with Gasteiger partial charge < -0.3 is 24.6 Å². The first-order valence-electron chi connectivity index (χ1n) is 8.36. The first kappa shape index (κ1) is 19.2. The summed E-state index contributed by atoms with van der Waals surface area (Å²) in [7, 11) is 7.27. The van der Waals surface area contributed by atoms with Crippen molar-refractivity contribution in [2.45, 2.75) is 18.6 Å². The Morgan fingerprint density at radius 3 is 2.48 bits per heavy atom. The van der Waals surface area contributed by atoms with Crippen molar-refractivity contribution in [3.63, 3.8) is 0 Å². The molecule has 0 aliphatic carbocycles. The van der Waals surface area contributed by atoms with Crippen molar-refractivity contribution >= 4 is 17.5 Å². The van der Waals surface area contributed by atoms with Gasteiger partial charge in [0.25, 0.3) is 5.91 Å². The highest BCUT2D eigenvalue weighted by molar-refractivity contribution is 5.94. The molecule has 1 saturated heterocycles. The molecule has 0 spiro atoms. The van der Waals surface area contributed by atoms with Gasteiger partial charge in [-0.2, -0.15) is 0 Å². The third-order valence-corrected chi connectivity index (χ3v) is 4.17. The van der Waals surface area contributed by atoms with Crippen molar-refractivity contribution in [3.8, 4) is 0 Å². The van der Waals surface area contributed by atoms with E-state index in [0.29, 0.717) is 25.2 Å². The van der Waals surface area contributed by atoms with Gasteiger partial charge >= 0.3 is 0 Å². The number of rotatable bonds is 6. The molecule has 0 saturated carbocycles. The summed E-state index contributed by atoms with van der Waals surface area (Å²) in [5, 5.41) is 2.96. The number of carbonyl (C=O) groups excluding carboxylic acids is 2. The Morgan fingerprint density at radius 2 is 1.88 bits per heavy atom. The van der Waals surface area contributed by atoms with Crippen LogP contribution in [0.2, 0.25) is 0 Å². The molecule has 1 aromatic rings. The molecule has 1 aliphatic rings. The van der Waals surface area contributed by atoms with Gasteiger partial charge in [-0.3, -0.25) is 9.59 Å². The van der Waals surface area contributed by atoms with Gasteiger partial charge in [0.1, 0.15) is 6.61 Å². The van der Waals surface area contributed by atoms with E-state index in [9.17, 15) is 9.59 Å². The maximum Gasteiger partial charge on any atom is 0.251 e. The smallest absolute Gasteiger partial charge is 0.251 e. The molecule has 0 bridgehead atoms. The molecule has 1 N–H and O–H groups in total. The van der Waals surface area contributed by atoms with E-state index in [0.717, 1.165) is 5.69 Å². The van der Waals surface area contributed by atoms with Crippen LogP contribution in [0.25, 0.3) is 0 Å². The average Bonchev–Trinajstić information content (AvgIpc) is 2.60. The summed E-state index contributed by atoms with van der Waals surface area (Å²) >= 11 is 0. The van der Waals surface area contributed by atoms with E-state index in [1.807, 2.05) is 31.1 Å². The van der Waals surface area contributed by atoms with Crippen molar-refractivity contribution in [1.29, 1.82) is 0 Å². The summed E-state index contributed by atoms with van der Waals surface area (Å²) in [6.07, 6.45) is 0.410. The minimum absolute atomic E-state index is 0.00156. The van der Waals surface area contributed by atoms with Gasteiger partial charge in [0, 0.05) is 46.0 Å². The van der Waals surface area contributed by atoms with E-state index in [-0.39, 0.29) is 30.6 Å². The predicted molar refractivity (Wildman–Crippen MR) is 95.9 cm³/mol. The standard InChI is InChI=1S/C18H27N3O4/c1-20(2)14-7-5-13(6-8-14)18(23)19-15-11-24-10-9-16(15)25-12-17(22)21(3)4/h5-8,15-16H,9-12H2,1-4H3,(H,19,23)/t15-,16+/m1/s1. The zero-order chi connectivity index (χ0) is 18.4. The number of hydrogen-bond acceptors (Lipinski definition) is 5. The second kappa shape index (κ2) is 8.82. The number of likely N-dealkylation sites (N-methyl/N-ethyl adjacent to an activating group) is 1. The van der Waals surface area contributed by atoms with Gasteiger partial charge in [0.2, 0.25) is 5.91 Å². The van der Waals surface area contributed by atoms with Crippen LogP contribution in [0, 0.1) is 0 Å². The lowest BCUT2D eigenvalue weighted by Gasteiger charge is -2.32. The number of amides is 2. The quantitative estimate of drug-likeness (QED) is 0.820. The van der Waals surface area contributed by atoms with Crippen LogP contribution in [-0.2, 0) is 14.3 Å². The first-order valence-corrected chi connectivity index (χ1v) is 8.36. The lowest BCUT2D eigenvalue weighted by Crippen LogP contribution is -2.51. The molecule has 25 heavy (non-hydrogen) atoms. The lowest BCUT2D eigenvalue weighted by molar-refractivity contribution is -0.138. The van der Waals surface area contributed by atoms with E-state index >= 15 is 0 Å². The van der Waals surface area contributed by atoms with Crippen molar-refractivity contribution in [3.05, 3.63) is 29.8 Å². The Labute approximate surface area is 148 Å². The molecular weight excluding hydrogens is 322 g/mol. The van der Waals surface area contributed by atoms with Crippen LogP contribution in [0.4, 0.5) is 5.69 Å². The molecule has 2 amide bonds. The van der Waals surface area contributed by atoms with E-state index in [1.165, 1.54) is 4.90 Å². The zero-order valence-corrected chi connectivity index (χ0v) is 15.3. The highest BCUT2D eigenvalue weighted by Gasteiger charge is 2.29. The number of anilines is 1. The Morgan fingerprint density at radius 1 is 1.20 bits per heavy atom.